The number of benzene rings is 1. The molecule has 0 unspecified atom stereocenters. The molecule has 6 heteroatoms. The third-order valence-corrected chi connectivity index (χ3v) is 1.72. The average Bonchev–Trinajstić information content (AvgIpc) is 2.17. The summed E-state index contributed by atoms with van der Waals surface area (Å²) in [6, 6.07) is 3.49. The molecule has 0 atom stereocenters. The van der Waals surface area contributed by atoms with Crippen molar-refractivity contribution in [3.8, 4) is 0 Å². The van der Waals surface area contributed by atoms with E-state index in [2.05, 4.69) is 4.89 Å². The van der Waals surface area contributed by atoms with Gasteiger partial charge in [-0.3, -0.25) is 5.26 Å². The molecule has 0 aromatic heterocycles. The van der Waals surface area contributed by atoms with Crippen LogP contribution in [0.3, 0.4) is 0 Å². The predicted molar refractivity (Wildman–Crippen MR) is 47.8 cm³/mol. The number of rotatable bonds is 4. The van der Waals surface area contributed by atoms with Gasteiger partial charge in [0.25, 0.3) is 0 Å². The Balaban J connectivity index is 3.19. The summed E-state index contributed by atoms with van der Waals surface area (Å²) in [5.74, 6) is -2.48. The van der Waals surface area contributed by atoms with Gasteiger partial charge >= 0.3 is 11.9 Å². The number of hydrogen-bond donors (Lipinski definition) is 3. The van der Waals surface area contributed by atoms with Crippen LogP contribution in [0.2, 0.25) is 0 Å². The lowest BCUT2D eigenvalue weighted by Gasteiger charge is -2.03. The van der Waals surface area contributed by atoms with Crippen molar-refractivity contribution < 1.29 is 29.9 Å². The van der Waals surface area contributed by atoms with Crippen LogP contribution in [0, 0.1) is 0 Å². The van der Waals surface area contributed by atoms with Gasteiger partial charge in [0, 0.05) is 0 Å². The van der Waals surface area contributed by atoms with Crippen LogP contribution in [0.5, 0.6) is 0 Å². The Morgan fingerprint density at radius 1 is 1.07 bits per heavy atom. The third kappa shape index (κ3) is 2.76. The van der Waals surface area contributed by atoms with Crippen molar-refractivity contribution in [2.24, 2.45) is 0 Å². The fourth-order valence-electron chi connectivity index (χ4n) is 1.10. The molecule has 0 saturated carbocycles. The fraction of sp³-hybridized carbons (Fsp3) is 0.111. The van der Waals surface area contributed by atoms with Crippen LogP contribution < -0.4 is 0 Å². The lowest BCUT2D eigenvalue weighted by molar-refractivity contribution is -0.253. The maximum absolute atomic E-state index is 10.6. The summed E-state index contributed by atoms with van der Waals surface area (Å²) in [6.07, 6.45) is 0. The van der Waals surface area contributed by atoms with E-state index in [1.807, 2.05) is 0 Å². The van der Waals surface area contributed by atoms with Gasteiger partial charge in [0.2, 0.25) is 0 Å². The van der Waals surface area contributed by atoms with Crippen LogP contribution >= 0.6 is 0 Å². The molecule has 0 heterocycles. The van der Waals surface area contributed by atoms with E-state index in [1.54, 1.807) is 0 Å². The molecule has 0 radical (unpaired) electrons. The molecule has 1 aromatic rings. The van der Waals surface area contributed by atoms with Crippen LogP contribution in [0.25, 0.3) is 0 Å². The Labute approximate surface area is 84.3 Å². The first-order valence-corrected chi connectivity index (χ1v) is 3.91. The minimum atomic E-state index is -1.24. The molecular weight excluding hydrogens is 204 g/mol. The molecular formula is C9H8O6. The first-order chi connectivity index (χ1) is 7.04. The fourth-order valence-corrected chi connectivity index (χ4v) is 1.10. The molecule has 3 N–H and O–H groups in total. The Bertz CT molecular complexity index is 365. The van der Waals surface area contributed by atoms with Crippen LogP contribution in [-0.2, 0) is 11.5 Å². The van der Waals surface area contributed by atoms with Crippen molar-refractivity contribution in [2.75, 3.05) is 0 Å². The minimum absolute atomic E-state index is 0.165. The van der Waals surface area contributed by atoms with E-state index < -0.39 is 11.9 Å². The number of hydrogen-bond acceptors (Lipinski definition) is 4. The quantitative estimate of drug-likeness (QED) is 0.509. The highest BCUT2D eigenvalue weighted by molar-refractivity contribution is 5.94. The van der Waals surface area contributed by atoms with Crippen molar-refractivity contribution >= 4 is 11.9 Å². The molecule has 15 heavy (non-hydrogen) atoms. The maximum Gasteiger partial charge on any atom is 0.335 e. The average molecular weight is 212 g/mol. The second-order valence-electron chi connectivity index (χ2n) is 2.80. The van der Waals surface area contributed by atoms with E-state index in [4.69, 9.17) is 15.5 Å². The van der Waals surface area contributed by atoms with Gasteiger partial charge in [-0.25, -0.2) is 14.5 Å². The van der Waals surface area contributed by atoms with Crippen molar-refractivity contribution in [1.82, 2.24) is 0 Å². The van der Waals surface area contributed by atoms with Gasteiger partial charge in [-0.05, 0) is 23.8 Å². The zero-order valence-electron chi connectivity index (χ0n) is 7.51. The van der Waals surface area contributed by atoms with E-state index in [0.717, 1.165) is 6.07 Å². The van der Waals surface area contributed by atoms with Crippen LogP contribution in [0.4, 0.5) is 0 Å². The minimum Gasteiger partial charge on any atom is -0.478 e. The molecule has 0 fully saturated rings. The topological polar surface area (TPSA) is 104 Å². The molecule has 0 aliphatic carbocycles. The van der Waals surface area contributed by atoms with Crippen LogP contribution in [0.15, 0.2) is 18.2 Å². The summed E-state index contributed by atoms with van der Waals surface area (Å²) < 4.78 is 0. The standard InChI is InChI=1S/C9H8O6/c10-8(11)6-1-5(4-15-14)2-7(3-6)9(12)13/h1-3,14H,4H2,(H,10,11)(H,12,13). The summed E-state index contributed by atoms with van der Waals surface area (Å²) in [5, 5.41) is 25.6. The number of carbonyl (C=O) groups is 2. The molecule has 0 aliphatic heterocycles. The van der Waals surface area contributed by atoms with E-state index in [9.17, 15) is 9.59 Å². The van der Waals surface area contributed by atoms with Crippen molar-refractivity contribution in [3.05, 3.63) is 34.9 Å². The largest absolute Gasteiger partial charge is 0.478 e. The monoisotopic (exact) mass is 212 g/mol. The van der Waals surface area contributed by atoms with Crippen LogP contribution in [0.1, 0.15) is 26.3 Å². The molecule has 0 amide bonds. The van der Waals surface area contributed by atoms with Gasteiger partial charge in [0.15, 0.2) is 0 Å². The van der Waals surface area contributed by atoms with Gasteiger partial charge in [-0.15, -0.1) is 0 Å². The van der Waals surface area contributed by atoms with Gasteiger partial charge in [0.05, 0.1) is 11.1 Å². The second-order valence-corrected chi connectivity index (χ2v) is 2.80. The first-order valence-electron chi connectivity index (χ1n) is 3.91. The van der Waals surface area contributed by atoms with Gasteiger partial charge < -0.3 is 10.2 Å². The number of carboxylic acids is 2. The summed E-state index contributed by atoms with van der Waals surface area (Å²) in [4.78, 5) is 25.1. The summed E-state index contributed by atoms with van der Waals surface area (Å²) >= 11 is 0. The number of carboxylic acid groups (broad SMARTS) is 2. The molecule has 1 rings (SSSR count). The van der Waals surface area contributed by atoms with Gasteiger partial charge in [0.1, 0.15) is 6.61 Å². The molecule has 80 valence electrons. The van der Waals surface area contributed by atoms with Gasteiger partial charge in [-0.1, -0.05) is 0 Å². The van der Waals surface area contributed by atoms with Crippen molar-refractivity contribution in [3.63, 3.8) is 0 Å². The second kappa shape index (κ2) is 4.54. The molecule has 0 aliphatic rings. The first kappa shape index (κ1) is 11.2. The number of aromatic carboxylic acids is 2. The summed E-state index contributed by atoms with van der Waals surface area (Å²) in [5.41, 5.74) is -0.0568. The summed E-state index contributed by atoms with van der Waals surface area (Å²) in [7, 11) is 0. The maximum atomic E-state index is 10.6. The van der Waals surface area contributed by atoms with Crippen molar-refractivity contribution in [2.45, 2.75) is 6.61 Å². The Morgan fingerprint density at radius 2 is 1.53 bits per heavy atom. The van der Waals surface area contributed by atoms with Crippen LogP contribution in [-0.4, -0.2) is 27.4 Å². The highest BCUT2D eigenvalue weighted by Crippen LogP contribution is 2.11. The third-order valence-electron chi connectivity index (χ3n) is 1.72. The summed E-state index contributed by atoms with van der Waals surface area (Å²) in [6.45, 7) is -0.263. The Morgan fingerprint density at radius 3 is 1.87 bits per heavy atom. The molecule has 6 nitrogen and oxygen atoms in total. The predicted octanol–water partition coefficient (Wildman–Crippen LogP) is 1.07. The van der Waals surface area contributed by atoms with E-state index in [0.29, 0.717) is 0 Å². The van der Waals surface area contributed by atoms with E-state index in [-0.39, 0.29) is 23.3 Å². The Hall–Kier alpha value is -1.92. The van der Waals surface area contributed by atoms with Crippen molar-refractivity contribution in [1.29, 1.82) is 0 Å². The molecule has 0 spiro atoms. The zero-order chi connectivity index (χ0) is 11.4. The highest BCUT2D eigenvalue weighted by Gasteiger charge is 2.11. The normalized spacial score (nSPS) is 9.93. The smallest absolute Gasteiger partial charge is 0.335 e. The Kier molecular flexibility index (Phi) is 3.37. The van der Waals surface area contributed by atoms with Gasteiger partial charge in [-0.2, -0.15) is 0 Å². The zero-order valence-corrected chi connectivity index (χ0v) is 7.51. The van der Waals surface area contributed by atoms with E-state index >= 15 is 0 Å². The lowest BCUT2D eigenvalue weighted by atomic mass is 10.1. The molecule has 0 saturated heterocycles. The molecule has 0 bridgehead atoms. The van der Waals surface area contributed by atoms with E-state index in [1.165, 1.54) is 12.1 Å². The molecule has 1 aromatic carbocycles. The SMILES string of the molecule is O=C(O)c1cc(COO)cc(C(=O)O)c1. The lowest BCUT2D eigenvalue weighted by Crippen LogP contribution is -2.04. The highest BCUT2D eigenvalue weighted by atomic mass is 17.1.